The van der Waals surface area contributed by atoms with E-state index in [1.165, 1.54) is 4.90 Å². The summed E-state index contributed by atoms with van der Waals surface area (Å²) in [4.78, 5) is 28.8. The molecule has 1 aromatic rings. The standard InChI is InChI=1S/C9H13N5O2S/c1-4(2)14-6(15)3-5(7(14)16)17-9-11-8(10)12-13-9/h4-5H,3H2,1-2H3,(H3,10,11,12,13). The van der Waals surface area contributed by atoms with Gasteiger partial charge in [-0.25, -0.2) is 5.10 Å². The first-order valence-corrected chi connectivity index (χ1v) is 6.07. The predicted octanol–water partition coefficient (Wildman–Crippen LogP) is 0.0149. The molecule has 92 valence electrons. The minimum Gasteiger partial charge on any atom is -0.368 e. The second kappa shape index (κ2) is 4.36. The molecule has 2 heterocycles. The zero-order valence-corrected chi connectivity index (χ0v) is 10.3. The highest BCUT2D eigenvalue weighted by molar-refractivity contribution is 8.00. The van der Waals surface area contributed by atoms with Crippen molar-refractivity contribution in [3.63, 3.8) is 0 Å². The molecule has 1 atom stereocenters. The van der Waals surface area contributed by atoms with Gasteiger partial charge in [-0.1, -0.05) is 11.8 Å². The molecular formula is C9H13N5O2S. The summed E-state index contributed by atoms with van der Waals surface area (Å²) >= 11 is 1.16. The van der Waals surface area contributed by atoms with Crippen LogP contribution >= 0.6 is 11.8 Å². The molecule has 0 spiro atoms. The first-order valence-electron chi connectivity index (χ1n) is 5.19. The van der Waals surface area contributed by atoms with E-state index in [9.17, 15) is 9.59 Å². The first-order chi connectivity index (χ1) is 7.99. The highest BCUT2D eigenvalue weighted by atomic mass is 32.2. The summed E-state index contributed by atoms with van der Waals surface area (Å²) in [6, 6.07) is -0.113. The van der Waals surface area contributed by atoms with Crippen LogP contribution in [0.3, 0.4) is 0 Å². The molecule has 0 saturated carbocycles. The Balaban J connectivity index is 2.09. The quantitative estimate of drug-likeness (QED) is 0.737. The third kappa shape index (κ3) is 2.26. The van der Waals surface area contributed by atoms with Gasteiger partial charge in [0.05, 0.1) is 0 Å². The van der Waals surface area contributed by atoms with Crippen LogP contribution in [0.25, 0.3) is 0 Å². The number of thioether (sulfide) groups is 1. The number of H-pyrrole nitrogens is 1. The molecule has 1 saturated heterocycles. The number of aromatic amines is 1. The van der Waals surface area contributed by atoms with E-state index in [4.69, 9.17) is 5.73 Å². The van der Waals surface area contributed by atoms with Crippen molar-refractivity contribution < 1.29 is 9.59 Å². The SMILES string of the molecule is CC(C)N1C(=O)CC(Sc2n[nH]c(N)n2)C1=O. The van der Waals surface area contributed by atoms with Gasteiger partial charge in [0, 0.05) is 12.5 Å². The van der Waals surface area contributed by atoms with Crippen LogP contribution in [0.4, 0.5) is 5.95 Å². The minimum absolute atomic E-state index is 0.113. The minimum atomic E-state index is -0.444. The van der Waals surface area contributed by atoms with Crippen LogP contribution in [0.5, 0.6) is 0 Å². The summed E-state index contributed by atoms with van der Waals surface area (Å²) in [5, 5.41) is 6.26. The number of rotatable bonds is 3. The van der Waals surface area contributed by atoms with Crippen molar-refractivity contribution in [1.82, 2.24) is 20.1 Å². The van der Waals surface area contributed by atoms with Crippen LogP contribution in [0.15, 0.2) is 5.16 Å². The number of imide groups is 1. The summed E-state index contributed by atoms with van der Waals surface area (Å²) < 4.78 is 0. The number of hydrogen-bond donors (Lipinski definition) is 2. The Morgan fingerprint density at radius 1 is 1.53 bits per heavy atom. The number of nitrogens with one attached hydrogen (secondary N) is 1. The van der Waals surface area contributed by atoms with Crippen LogP contribution in [0.1, 0.15) is 20.3 Å². The third-order valence-electron chi connectivity index (χ3n) is 2.39. The van der Waals surface area contributed by atoms with Gasteiger partial charge in [0.2, 0.25) is 22.9 Å². The molecule has 0 aromatic carbocycles. The van der Waals surface area contributed by atoms with E-state index < -0.39 is 5.25 Å². The fourth-order valence-electron chi connectivity index (χ4n) is 1.69. The average molecular weight is 255 g/mol. The predicted molar refractivity (Wildman–Crippen MR) is 62.0 cm³/mol. The summed E-state index contributed by atoms with van der Waals surface area (Å²) in [6.45, 7) is 3.63. The van der Waals surface area contributed by atoms with Gasteiger partial charge < -0.3 is 5.73 Å². The van der Waals surface area contributed by atoms with Gasteiger partial charge in [0.15, 0.2) is 0 Å². The molecule has 3 N–H and O–H groups in total. The lowest BCUT2D eigenvalue weighted by Gasteiger charge is -2.18. The maximum absolute atomic E-state index is 12.0. The van der Waals surface area contributed by atoms with E-state index in [1.807, 2.05) is 13.8 Å². The molecule has 0 radical (unpaired) electrons. The number of nitrogens with two attached hydrogens (primary N) is 1. The summed E-state index contributed by atoms with van der Waals surface area (Å²) in [7, 11) is 0. The highest BCUT2D eigenvalue weighted by Crippen LogP contribution is 2.30. The summed E-state index contributed by atoms with van der Waals surface area (Å²) in [5.74, 6) is -0.130. The molecule has 0 bridgehead atoms. The van der Waals surface area contributed by atoms with Crippen LogP contribution in [-0.2, 0) is 9.59 Å². The number of amides is 2. The zero-order chi connectivity index (χ0) is 12.6. The van der Waals surface area contributed by atoms with E-state index in [0.29, 0.717) is 5.16 Å². The van der Waals surface area contributed by atoms with Crippen molar-refractivity contribution >= 4 is 29.5 Å². The smallest absolute Gasteiger partial charge is 0.243 e. The monoisotopic (exact) mass is 255 g/mol. The average Bonchev–Trinajstić information content (AvgIpc) is 2.73. The number of likely N-dealkylation sites (tertiary alicyclic amines) is 1. The fraction of sp³-hybridized carbons (Fsp3) is 0.556. The van der Waals surface area contributed by atoms with Crippen LogP contribution in [0.2, 0.25) is 0 Å². The molecule has 0 aliphatic carbocycles. The molecule has 1 unspecified atom stereocenters. The molecule has 8 heteroatoms. The second-order valence-electron chi connectivity index (χ2n) is 4.01. The van der Waals surface area contributed by atoms with Gasteiger partial charge in [-0.05, 0) is 13.8 Å². The zero-order valence-electron chi connectivity index (χ0n) is 9.51. The van der Waals surface area contributed by atoms with Gasteiger partial charge in [-0.3, -0.25) is 14.5 Å². The van der Waals surface area contributed by atoms with Crippen molar-refractivity contribution in [3.8, 4) is 0 Å². The maximum atomic E-state index is 12.0. The van der Waals surface area contributed by atoms with Crippen molar-refractivity contribution in [2.75, 3.05) is 5.73 Å². The highest BCUT2D eigenvalue weighted by Gasteiger charge is 2.41. The molecule has 1 fully saturated rings. The number of nitrogen functional groups attached to an aromatic ring is 1. The Labute approximate surface area is 102 Å². The molecule has 1 aliphatic rings. The van der Waals surface area contributed by atoms with E-state index in [0.717, 1.165) is 11.8 Å². The lowest BCUT2D eigenvalue weighted by atomic mass is 10.3. The van der Waals surface area contributed by atoms with Gasteiger partial charge in [0.1, 0.15) is 5.25 Å². The van der Waals surface area contributed by atoms with Gasteiger partial charge in [-0.15, -0.1) is 5.10 Å². The number of hydrogen-bond acceptors (Lipinski definition) is 6. The van der Waals surface area contributed by atoms with Crippen LogP contribution in [0, 0.1) is 0 Å². The van der Waals surface area contributed by atoms with E-state index >= 15 is 0 Å². The van der Waals surface area contributed by atoms with Crippen molar-refractivity contribution in [2.24, 2.45) is 0 Å². The lowest BCUT2D eigenvalue weighted by molar-refractivity contribution is -0.140. The number of carbonyl (C=O) groups excluding carboxylic acids is 2. The normalized spacial score (nSPS) is 20.6. The van der Waals surface area contributed by atoms with Crippen LogP contribution in [-0.4, -0.2) is 43.2 Å². The van der Waals surface area contributed by atoms with Gasteiger partial charge in [-0.2, -0.15) is 4.98 Å². The Morgan fingerprint density at radius 3 is 2.71 bits per heavy atom. The number of nitrogens with zero attached hydrogens (tertiary/aromatic N) is 3. The number of anilines is 1. The molecule has 1 aliphatic heterocycles. The fourth-order valence-corrected chi connectivity index (χ4v) is 2.64. The topological polar surface area (TPSA) is 105 Å². The Hall–Kier alpha value is -1.57. The van der Waals surface area contributed by atoms with E-state index in [-0.39, 0.29) is 30.2 Å². The summed E-state index contributed by atoms with van der Waals surface area (Å²) in [5.41, 5.74) is 5.39. The second-order valence-corrected chi connectivity index (χ2v) is 5.18. The van der Waals surface area contributed by atoms with Gasteiger partial charge >= 0.3 is 0 Å². The summed E-state index contributed by atoms with van der Waals surface area (Å²) in [6.07, 6.45) is 0.191. The molecule has 17 heavy (non-hydrogen) atoms. The molecule has 1 aromatic heterocycles. The lowest BCUT2D eigenvalue weighted by Crippen LogP contribution is -2.37. The first kappa shape index (κ1) is 11.9. The number of carbonyl (C=O) groups is 2. The van der Waals surface area contributed by atoms with Gasteiger partial charge in [0.25, 0.3) is 0 Å². The molecule has 2 amide bonds. The Kier molecular flexibility index (Phi) is 3.05. The third-order valence-corrected chi connectivity index (χ3v) is 3.43. The molecular weight excluding hydrogens is 242 g/mol. The van der Waals surface area contributed by atoms with Crippen molar-refractivity contribution in [3.05, 3.63) is 0 Å². The van der Waals surface area contributed by atoms with E-state index in [1.54, 1.807) is 0 Å². The van der Waals surface area contributed by atoms with E-state index in [2.05, 4.69) is 15.2 Å². The Morgan fingerprint density at radius 2 is 2.24 bits per heavy atom. The largest absolute Gasteiger partial charge is 0.368 e. The number of aromatic nitrogens is 3. The van der Waals surface area contributed by atoms with Crippen molar-refractivity contribution in [1.29, 1.82) is 0 Å². The molecule has 2 rings (SSSR count). The Bertz CT molecular complexity index is 458. The molecule has 7 nitrogen and oxygen atoms in total. The van der Waals surface area contributed by atoms with Crippen molar-refractivity contribution in [2.45, 2.75) is 36.7 Å². The van der Waals surface area contributed by atoms with Crippen LogP contribution < -0.4 is 5.73 Å². The maximum Gasteiger partial charge on any atom is 0.243 e.